The Bertz CT molecular complexity index is 941. The molecule has 0 bridgehead atoms. The number of carbonyl (C=O) groups excluding carboxylic acids is 2. The van der Waals surface area contributed by atoms with Crippen molar-refractivity contribution < 1.29 is 14.3 Å². The number of benzene rings is 2. The van der Waals surface area contributed by atoms with Crippen LogP contribution in [0.4, 0.5) is 5.69 Å². The molecule has 0 unspecified atom stereocenters. The van der Waals surface area contributed by atoms with Gasteiger partial charge in [-0.2, -0.15) is 0 Å². The van der Waals surface area contributed by atoms with Gasteiger partial charge >= 0.3 is 5.97 Å². The summed E-state index contributed by atoms with van der Waals surface area (Å²) in [6.45, 7) is 5.77. The summed E-state index contributed by atoms with van der Waals surface area (Å²) in [6, 6.07) is 15.2. The van der Waals surface area contributed by atoms with E-state index in [0.29, 0.717) is 22.5 Å². The number of aryl methyl sites for hydroxylation is 1. The van der Waals surface area contributed by atoms with Gasteiger partial charge in [-0.3, -0.25) is 9.69 Å². The monoisotopic (exact) mass is 425 g/mol. The van der Waals surface area contributed by atoms with Crippen LogP contribution in [0, 0.1) is 6.92 Å². The van der Waals surface area contributed by atoms with Crippen LogP contribution in [0.1, 0.15) is 25.0 Å². The minimum Gasteiger partial charge on any atom is -0.462 e. The lowest BCUT2D eigenvalue weighted by molar-refractivity contribution is -0.138. The van der Waals surface area contributed by atoms with Crippen LogP contribution in [0.2, 0.25) is 0 Å². The predicted molar refractivity (Wildman–Crippen MR) is 110 cm³/mol. The molecule has 0 saturated heterocycles. The number of amides is 1. The molecule has 0 radical (unpaired) electrons. The van der Waals surface area contributed by atoms with Gasteiger partial charge in [0.25, 0.3) is 5.91 Å². The highest BCUT2D eigenvalue weighted by Gasteiger charge is 2.38. The van der Waals surface area contributed by atoms with E-state index >= 15 is 0 Å². The molecule has 5 heteroatoms. The van der Waals surface area contributed by atoms with Crippen molar-refractivity contribution in [2.45, 2.75) is 20.8 Å². The average molecular weight is 426 g/mol. The molecule has 1 aliphatic rings. The fourth-order valence-corrected chi connectivity index (χ4v) is 3.28. The molecule has 4 nitrogen and oxygen atoms in total. The van der Waals surface area contributed by atoms with E-state index in [2.05, 4.69) is 15.9 Å². The Morgan fingerprint density at radius 3 is 2.30 bits per heavy atom. The zero-order valence-electron chi connectivity index (χ0n) is 15.5. The Balaban J connectivity index is 2.11. The number of allylic oxidation sites excluding steroid dienone is 1. The van der Waals surface area contributed by atoms with Crippen molar-refractivity contribution in [3.63, 3.8) is 0 Å². The molecule has 2 aromatic rings. The van der Waals surface area contributed by atoms with Gasteiger partial charge in [0.15, 0.2) is 0 Å². The van der Waals surface area contributed by atoms with Crippen LogP contribution < -0.4 is 4.90 Å². The molecular weight excluding hydrogens is 406 g/mol. The lowest BCUT2D eigenvalue weighted by Gasteiger charge is -2.18. The summed E-state index contributed by atoms with van der Waals surface area (Å²) in [6.07, 6.45) is 1.75. The fourth-order valence-electron chi connectivity index (χ4n) is 3.01. The van der Waals surface area contributed by atoms with Gasteiger partial charge in [-0.25, -0.2) is 4.79 Å². The first-order valence-electron chi connectivity index (χ1n) is 8.69. The zero-order valence-corrected chi connectivity index (χ0v) is 17.0. The summed E-state index contributed by atoms with van der Waals surface area (Å²) in [4.78, 5) is 27.3. The molecule has 1 heterocycles. The molecule has 1 aliphatic heterocycles. The number of ether oxygens (including phenoxy) is 1. The van der Waals surface area contributed by atoms with Crippen molar-refractivity contribution in [1.82, 2.24) is 0 Å². The summed E-state index contributed by atoms with van der Waals surface area (Å²) >= 11 is 3.40. The van der Waals surface area contributed by atoms with Gasteiger partial charge in [0, 0.05) is 15.9 Å². The van der Waals surface area contributed by atoms with Crippen molar-refractivity contribution in [3.05, 3.63) is 81.0 Å². The first-order valence-corrected chi connectivity index (χ1v) is 9.48. The van der Waals surface area contributed by atoms with Crippen LogP contribution >= 0.6 is 15.9 Å². The Kier molecular flexibility index (Phi) is 5.61. The minimum absolute atomic E-state index is 0.238. The van der Waals surface area contributed by atoms with E-state index in [0.717, 1.165) is 15.6 Å². The van der Waals surface area contributed by atoms with E-state index in [1.165, 1.54) is 0 Å². The Morgan fingerprint density at radius 2 is 1.70 bits per heavy atom. The van der Waals surface area contributed by atoms with Gasteiger partial charge in [-0.15, -0.1) is 0 Å². The summed E-state index contributed by atoms with van der Waals surface area (Å²) in [7, 11) is 0. The second-order valence-corrected chi connectivity index (χ2v) is 7.18. The van der Waals surface area contributed by atoms with Crippen LogP contribution in [0.25, 0.3) is 6.08 Å². The molecule has 27 heavy (non-hydrogen) atoms. The lowest BCUT2D eigenvalue weighted by atomic mass is 10.0. The van der Waals surface area contributed by atoms with Gasteiger partial charge in [-0.05, 0) is 56.7 Å². The van der Waals surface area contributed by atoms with E-state index in [4.69, 9.17) is 4.74 Å². The van der Waals surface area contributed by atoms with Crippen molar-refractivity contribution in [2.75, 3.05) is 11.5 Å². The van der Waals surface area contributed by atoms with Crippen LogP contribution in [-0.2, 0) is 14.3 Å². The van der Waals surface area contributed by atoms with Crippen molar-refractivity contribution in [3.8, 4) is 0 Å². The van der Waals surface area contributed by atoms with Crippen molar-refractivity contribution in [1.29, 1.82) is 0 Å². The topological polar surface area (TPSA) is 46.6 Å². The van der Waals surface area contributed by atoms with E-state index < -0.39 is 5.97 Å². The number of carbonyl (C=O) groups is 2. The number of hydrogen-bond donors (Lipinski definition) is 0. The maximum Gasteiger partial charge on any atom is 0.340 e. The van der Waals surface area contributed by atoms with Gasteiger partial charge in [0.1, 0.15) is 0 Å². The highest BCUT2D eigenvalue weighted by atomic mass is 79.9. The number of rotatable bonds is 4. The van der Waals surface area contributed by atoms with Crippen LogP contribution in [0.3, 0.4) is 0 Å². The highest BCUT2D eigenvalue weighted by Crippen LogP contribution is 2.35. The smallest absolute Gasteiger partial charge is 0.340 e. The molecule has 138 valence electrons. The summed E-state index contributed by atoms with van der Waals surface area (Å²) in [5.74, 6) is -0.722. The minimum atomic E-state index is -0.485. The maximum atomic E-state index is 13.2. The molecule has 0 fully saturated rings. The predicted octanol–water partition coefficient (Wildman–Crippen LogP) is 5.02. The number of hydrogen-bond acceptors (Lipinski definition) is 3. The summed E-state index contributed by atoms with van der Waals surface area (Å²) < 4.78 is 6.13. The Morgan fingerprint density at radius 1 is 1.07 bits per heavy atom. The van der Waals surface area contributed by atoms with Crippen LogP contribution in [0.5, 0.6) is 0 Å². The van der Waals surface area contributed by atoms with Crippen LogP contribution in [-0.4, -0.2) is 18.5 Å². The molecule has 1 amide bonds. The standard InChI is InChI=1S/C22H20BrNO3/c1-4-27-22(26)20-15(3)24(18-11-9-17(23)10-12-18)21(25)19(20)13-16-7-5-14(2)6-8-16/h5-13H,4H2,1-3H3/b19-13+. The molecule has 0 saturated carbocycles. The van der Waals surface area contributed by atoms with E-state index in [-0.39, 0.29) is 12.5 Å². The molecule has 0 aromatic heterocycles. The number of esters is 1. The van der Waals surface area contributed by atoms with Gasteiger partial charge in [0.05, 0.1) is 17.8 Å². The molecule has 0 atom stereocenters. The third-order valence-corrected chi connectivity index (χ3v) is 4.88. The first kappa shape index (κ1) is 19.1. The third kappa shape index (κ3) is 3.88. The fraction of sp³-hybridized carbons (Fsp3) is 0.182. The summed E-state index contributed by atoms with van der Waals surface area (Å²) in [5, 5.41) is 0. The molecular formula is C22H20BrNO3. The van der Waals surface area contributed by atoms with Gasteiger partial charge < -0.3 is 4.74 Å². The van der Waals surface area contributed by atoms with E-state index in [1.54, 1.807) is 24.8 Å². The first-order chi connectivity index (χ1) is 12.9. The Hall–Kier alpha value is -2.66. The molecule has 0 aliphatic carbocycles. The largest absolute Gasteiger partial charge is 0.462 e. The number of nitrogens with zero attached hydrogens (tertiary/aromatic N) is 1. The second-order valence-electron chi connectivity index (χ2n) is 6.27. The summed E-state index contributed by atoms with van der Waals surface area (Å²) in [5.41, 5.74) is 3.91. The van der Waals surface area contributed by atoms with Gasteiger partial charge in [0.2, 0.25) is 0 Å². The number of anilines is 1. The average Bonchev–Trinajstić information content (AvgIpc) is 2.88. The number of halogens is 1. The van der Waals surface area contributed by atoms with E-state index in [9.17, 15) is 9.59 Å². The molecule has 0 spiro atoms. The van der Waals surface area contributed by atoms with E-state index in [1.807, 2.05) is 55.5 Å². The second kappa shape index (κ2) is 7.92. The van der Waals surface area contributed by atoms with Crippen molar-refractivity contribution in [2.24, 2.45) is 0 Å². The third-order valence-electron chi connectivity index (χ3n) is 4.35. The Labute approximate surface area is 167 Å². The normalized spacial score (nSPS) is 15.6. The SMILES string of the molecule is CCOC(=O)C1=C(C)N(c2ccc(Br)cc2)C(=O)/C1=C/c1ccc(C)cc1. The maximum absolute atomic E-state index is 13.2. The molecule has 3 rings (SSSR count). The van der Waals surface area contributed by atoms with Crippen LogP contribution in [0.15, 0.2) is 69.8 Å². The highest BCUT2D eigenvalue weighted by molar-refractivity contribution is 9.10. The quantitative estimate of drug-likeness (QED) is 0.509. The van der Waals surface area contributed by atoms with Gasteiger partial charge in [-0.1, -0.05) is 45.8 Å². The van der Waals surface area contributed by atoms with Crippen molar-refractivity contribution >= 4 is 39.6 Å². The zero-order chi connectivity index (χ0) is 19.6. The molecule has 2 aromatic carbocycles. The lowest BCUT2D eigenvalue weighted by Crippen LogP contribution is -2.24. The molecule has 0 N–H and O–H groups in total.